The summed E-state index contributed by atoms with van der Waals surface area (Å²) in [7, 11) is 0. The summed E-state index contributed by atoms with van der Waals surface area (Å²) in [4.78, 5) is 10.8. The standard InChI is InChI=1S/C7H10O3/c8-4-3-6-2-1-5-10-7(6)9/h1-2,6,8H,3-5H2. The van der Waals surface area contributed by atoms with Gasteiger partial charge in [-0.05, 0) is 6.42 Å². The third-order valence-corrected chi connectivity index (χ3v) is 1.43. The maximum absolute atomic E-state index is 10.8. The normalized spacial score (nSPS) is 24.5. The van der Waals surface area contributed by atoms with E-state index in [1.54, 1.807) is 12.2 Å². The molecule has 1 rings (SSSR count). The van der Waals surface area contributed by atoms with Gasteiger partial charge >= 0.3 is 5.97 Å². The second-order valence-corrected chi connectivity index (χ2v) is 2.18. The minimum atomic E-state index is -0.225. The van der Waals surface area contributed by atoms with Gasteiger partial charge in [0.05, 0.1) is 5.92 Å². The van der Waals surface area contributed by atoms with E-state index in [0.717, 1.165) is 0 Å². The number of carbonyl (C=O) groups is 1. The average molecular weight is 142 g/mol. The Morgan fingerprint density at radius 3 is 3.20 bits per heavy atom. The van der Waals surface area contributed by atoms with Crippen LogP contribution in [0, 0.1) is 5.92 Å². The highest BCUT2D eigenvalue weighted by Crippen LogP contribution is 2.10. The molecule has 10 heavy (non-hydrogen) atoms. The third-order valence-electron chi connectivity index (χ3n) is 1.43. The first-order valence-electron chi connectivity index (χ1n) is 3.28. The van der Waals surface area contributed by atoms with Gasteiger partial charge in [0, 0.05) is 6.61 Å². The van der Waals surface area contributed by atoms with Crippen molar-refractivity contribution in [3.8, 4) is 0 Å². The highest BCUT2D eigenvalue weighted by atomic mass is 16.5. The molecule has 1 aliphatic heterocycles. The smallest absolute Gasteiger partial charge is 0.313 e. The van der Waals surface area contributed by atoms with Gasteiger partial charge in [-0.2, -0.15) is 0 Å². The quantitative estimate of drug-likeness (QED) is 0.439. The molecule has 0 saturated carbocycles. The molecule has 0 radical (unpaired) electrons. The molecule has 1 unspecified atom stereocenters. The van der Waals surface area contributed by atoms with Crippen molar-refractivity contribution in [1.29, 1.82) is 0 Å². The van der Waals surface area contributed by atoms with E-state index in [1.807, 2.05) is 0 Å². The molecule has 3 nitrogen and oxygen atoms in total. The van der Waals surface area contributed by atoms with Crippen molar-refractivity contribution in [3.05, 3.63) is 12.2 Å². The Hall–Kier alpha value is -0.830. The molecule has 1 aliphatic rings. The molecule has 0 aromatic rings. The fraction of sp³-hybridized carbons (Fsp3) is 0.571. The molecule has 1 N–H and O–H groups in total. The van der Waals surface area contributed by atoms with Gasteiger partial charge in [-0.3, -0.25) is 4.79 Å². The number of hydrogen-bond acceptors (Lipinski definition) is 3. The third kappa shape index (κ3) is 1.57. The van der Waals surface area contributed by atoms with E-state index >= 15 is 0 Å². The number of carbonyl (C=O) groups excluding carboxylic acids is 1. The number of aliphatic hydroxyl groups is 1. The Balaban J connectivity index is 2.47. The number of aliphatic hydroxyl groups excluding tert-OH is 1. The highest BCUT2D eigenvalue weighted by Gasteiger charge is 2.18. The van der Waals surface area contributed by atoms with Crippen molar-refractivity contribution in [3.63, 3.8) is 0 Å². The molecule has 0 amide bonds. The van der Waals surface area contributed by atoms with Crippen LogP contribution >= 0.6 is 0 Å². The summed E-state index contributed by atoms with van der Waals surface area (Å²) in [6, 6.07) is 0. The van der Waals surface area contributed by atoms with Gasteiger partial charge in [-0.15, -0.1) is 0 Å². The second-order valence-electron chi connectivity index (χ2n) is 2.18. The summed E-state index contributed by atoms with van der Waals surface area (Å²) in [6.07, 6.45) is 4.04. The summed E-state index contributed by atoms with van der Waals surface area (Å²) < 4.78 is 4.71. The zero-order chi connectivity index (χ0) is 7.40. The first-order valence-corrected chi connectivity index (χ1v) is 3.28. The van der Waals surface area contributed by atoms with E-state index < -0.39 is 0 Å². The largest absolute Gasteiger partial charge is 0.461 e. The number of ether oxygens (including phenoxy) is 1. The summed E-state index contributed by atoms with van der Waals surface area (Å²) in [5, 5.41) is 8.49. The monoisotopic (exact) mass is 142 g/mol. The molecule has 56 valence electrons. The highest BCUT2D eigenvalue weighted by molar-refractivity contribution is 5.75. The Morgan fingerprint density at radius 2 is 2.60 bits per heavy atom. The molecule has 0 aliphatic carbocycles. The Labute approximate surface area is 59.3 Å². The Bertz CT molecular complexity index is 151. The fourth-order valence-electron chi connectivity index (χ4n) is 0.889. The summed E-state index contributed by atoms with van der Waals surface area (Å²) >= 11 is 0. The van der Waals surface area contributed by atoms with E-state index in [9.17, 15) is 4.79 Å². The minimum absolute atomic E-state index is 0.0319. The molecule has 1 atom stereocenters. The second kappa shape index (κ2) is 3.37. The predicted molar refractivity (Wildman–Crippen MR) is 35.3 cm³/mol. The number of hydrogen-bond donors (Lipinski definition) is 1. The lowest BCUT2D eigenvalue weighted by Crippen LogP contribution is -2.20. The molecule has 0 fully saturated rings. The van der Waals surface area contributed by atoms with E-state index in [2.05, 4.69) is 0 Å². The Morgan fingerprint density at radius 1 is 1.80 bits per heavy atom. The van der Waals surface area contributed by atoms with Crippen LogP contribution in [0.4, 0.5) is 0 Å². The molecule has 0 aromatic carbocycles. The SMILES string of the molecule is O=C1OCC=CC1CCO. The van der Waals surface area contributed by atoms with Crippen LogP contribution in [0.3, 0.4) is 0 Å². The van der Waals surface area contributed by atoms with Gasteiger partial charge in [-0.1, -0.05) is 12.2 Å². The lowest BCUT2D eigenvalue weighted by atomic mass is 10.0. The van der Waals surface area contributed by atoms with Crippen LogP contribution in [0.25, 0.3) is 0 Å². The van der Waals surface area contributed by atoms with Crippen molar-refractivity contribution in [2.75, 3.05) is 13.2 Å². The van der Waals surface area contributed by atoms with Gasteiger partial charge in [0.2, 0.25) is 0 Å². The van der Waals surface area contributed by atoms with Crippen molar-refractivity contribution < 1.29 is 14.6 Å². The zero-order valence-electron chi connectivity index (χ0n) is 5.62. The molecular weight excluding hydrogens is 132 g/mol. The van der Waals surface area contributed by atoms with Crippen molar-refractivity contribution in [1.82, 2.24) is 0 Å². The van der Waals surface area contributed by atoms with Gasteiger partial charge in [0.1, 0.15) is 6.61 Å². The number of esters is 1. The summed E-state index contributed by atoms with van der Waals surface area (Å²) in [5.41, 5.74) is 0. The molecule has 3 heteroatoms. The lowest BCUT2D eigenvalue weighted by molar-refractivity contribution is -0.147. The van der Waals surface area contributed by atoms with E-state index in [0.29, 0.717) is 13.0 Å². The predicted octanol–water partition coefficient (Wildman–Crippen LogP) is 0.0980. The van der Waals surface area contributed by atoms with E-state index in [4.69, 9.17) is 9.84 Å². The van der Waals surface area contributed by atoms with Crippen LogP contribution in [0.1, 0.15) is 6.42 Å². The van der Waals surface area contributed by atoms with Gasteiger partial charge in [-0.25, -0.2) is 0 Å². The minimum Gasteiger partial charge on any atom is -0.461 e. The van der Waals surface area contributed by atoms with Gasteiger partial charge in [0.25, 0.3) is 0 Å². The van der Waals surface area contributed by atoms with Crippen molar-refractivity contribution in [2.45, 2.75) is 6.42 Å². The van der Waals surface area contributed by atoms with Gasteiger partial charge < -0.3 is 9.84 Å². The van der Waals surface area contributed by atoms with Crippen LogP contribution < -0.4 is 0 Å². The molecule has 0 aromatic heterocycles. The van der Waals surface area contributed by atoms with Crippen LogP contribution in [0.5, 0.6) is 0 Å². The number of rotatable bonds is 2. The number of cyclic esters (lactones) is 1. The van der Waals surface area contributed by atoms with E-state index in [-0.39, 0.29) is 18.5 Å². The van der Waals surface area contributed by atoms with Crippen molar-refractivity contribution >= 4 is 5.97 Å². The van der Waals surface area contributed by atoms with Crippen LogP contribution in [-0.2, 0) is 9.53 Å². The van der Waals surface area contributed by atoms with Crippen molar-refractivity contribution in [2.24, 2.45) is 5.92 Å². The average Bonchev–Trinajstić information content (AvgIpc) is 1.94. The van der Waals surface area contributed by atoms with Crippen LogP contribution in [0.15, 0.2) is 12.2 Å². The summed E-state index contributed by atoms with van der Waals surface area (Å²) in [5.74, 6) is -0.449. The molecule has 1 heterocycles. The van der Waals surface area contributed by atoms with E-state index in [1.165, 1.54) is 0 Å². The van der Waals surface area contributed by atoms with Crippen LogP contribution in [-0.4, -0.2) is 24.3 Å². The topological polar surface area (TPSA) is 46.5 Å². The first kappa shape index (κ1) is 7.28. The lowest BCUT2D eigenvalue weighted by Gasteiger charge is -2.13. The molecular formula is C7H10O3. The molecule has 0 bridgehead atoms. The first-order chi connectivity index (χ1) is 4.84. The maximum Gasteiger partial charge on any atom is 0.313 e. The zero-order valence-corrected chi connectivity index (χ0v) is 5.62. The fourth-order valence-corrected chi connectivity index (χ4v) is 0.889. The molecule has 0 spiro atoms. The Kier molecular flexibility index (Phi) is 2.45. The van der Waals surface area contributed by atoms with Crippen LogP contribution in [0.2, 0.25) is 0 Å². The maximum atomic E-state index is 10.8. The summed E-state index contributed by atoms with van der Waals surface area (Å²) in [6.45, 7) is 0.408. The van der Waals surface area contributed by atoms with Gasteiger partial charge in [0.15, 0.2) is 0 Å². The molecule has 0 saturated heterocycles.